The molecular formula is C16H17N5O2. The van der Waals surface area contributed by atoms with Crippen molar-refractivity contribution in [3.05, 3.63) is 36.8 Å². The summed E-state index contributed by atoms with van der Waals surface area (Å²) in [6, 6.07) is 5.78. The normalized spacial score (nSPS) is 18.2. The van der Waals surface area contributed by atoms with Crippen LogP contribution in [0.1, 0.15) is 0 Å². The standard InChI is InChI=1S/C16H17N5O2/c1-2-13-15(18-3-1)6-14(11-7-19-20-8-11)21-16(13)23-10-12-9-17-4-5-22-12/h1-3,6-8,12,17H,4-5,9-10H2,(H,19,20)/t12-/m0/s1. The molecule has 1 aliphatic heterocycles. The van der Waals surface area contributed by atoms with Gasteiger partial charge in [0, 0.05) is 31.0 Å². The first-order chi connectivity index (χ1) is 11.4. The van der Waals surface area contributed by atoms with Gasteiger partial charge in [0.2, 0.25) is 5.88 Å². The summed E-state index contributed by atoms with van der Waals surface area (Å²) in [6.45, 7) is 2.84. The maximum absolute atomic E-state index is 5.95. The molecule has 0 unspecified atom stereocenters. The largest absolute Gasteiger partial charge is 0.474 e. The van der Waals surface area contributed by atoms with E-state index in [1.165, 1.54) is 0 Å². The minimum absolute atomic E-state index is 0.0369. The Morgan fingerprint density at radius 2 is 2.39 bits per heavy atom. The highest BCUT2D eigenvalue weighted by atomic mass is 16.5. The Morgan fingerprint density at radius 1 is 1.39 bits per heavy atom. The summed E-state index contributed by atoms with van der Waals surface area (Å²) in [6.07, 6.45) is 5.33. The number of morpholine rings is 1. The number of fused-ring (bicyclic) bond motifs is 1. The van der Waals surface area contributed by atoms with E-state index in [2.05, 4.69) is 25.5 Å². The fourth-order valence-electron chi connectivity index (χ4n) is 2.59. The summed E-state index contributed by atoms with van der Waals surface area (Å²) in [5, 5.41) is 11.0. The summed E-state index contributed by atoms with van der Waals surface area (Å²) in [4.78, 5) is 9.04. The third kappa shape index (κ3) is 3.01. The van der Waals surface area contributed by atoms with Crippen molar-refractivity contribution in [3.8, 4) is 17.1 Å². The Hall–Kier alpha value is -2.51. The van der Waals surface area contributed by atoms with Crippen molar-refractivity contribution in [2.24, 2.45) is 0 Å². The molecule has 0 radical (unpaired) electrons. The van der Waals surface area contributed by atoms with Crippen molar-refractivity contribution < 1.29 is 9.47 Å². The van der Waals surface area contributed by atoms with Crippen LogP contribution in [0.4, 0.5) is 0 Å². The monoisotopic (exact) mass is 311 g/mol. The lowest BCUT2D eigenvalue weighted by molar-refractivity contribution is -0.000365. The lowest BCUT2D eigenvalue weighted by Crippen LogP contribution is -2.41. The minimum Gasteiger partial charge on any atom is -0.474 e. The van der Waals surface area contributed by atoms with Gasteiger partial charge in [-0.1, -0.05) is 0 Å². The molecule has 0 spiro atoms. The number of nitrogens with one attached hydrogen (secondary N) is 2. The number of hydrogen-bond acceptors (Lipinski definition) is 6. The van der Waals surface area contributed by atoms with E-state index in [9.17, 15) is 0 Å². The lowest BCUT2D eigenvalue weighted by Gasteiger charge is -2.23. The van der Waals surface area contributed by atoms with Crippen LogP contribution >= 0.6 is 0 Å². The molecule has 1 fully saturated rings. The molecule has 1 atom stereocenters. The Balaban J connectivity index is 1.66. The quantitative estimate of drug-likeness (QED) is 0.757. The number of nitrogens with zero attached hydrogens (tertiary/aromatic N) is 3. The molecular weight excluding hydrogens is 294 g/mol. The van der Waals surface area contributed by atoms with E-state index in [0.717, 1.165) is 35.2 Å². The highest BCUT2D eigenvalue weighted by molar-refractivity contribution is 5.86. The number of aromatic amines is 1. The topological polar surface area (TPSA) is 85.0 Å². The van der Waals surface area contributed by atoms with Crippen molar-refractivity contribution >= 4 is 10.9 Å². The van der Waals surface area contributed by atoms with E-state index in [-0.39, 0.29) is 6.10 Å². The first kappa shape index (κ1) is 14.1. The number of ether oxygens (including phenoxy) is 2. The van der Waals surface area contributed by atoms with Crippen molar-refractivity contribution in [2.45, 2.75) is 6.10 Å². The molecule has 4 rings (SSSR count). The summed E-state index contributed by atoms with van der Waals surface area (Å²) >= 11 is 0. The molecule has 0 aromatic carbocycles. The van der Waals surface area contributed by atoms with Crippen LogP contribution in [0.5, 0.6) is 5.88 Å². The summed E-state index contributed by atoms with van der Waals surface area (Å²) in [5.41, 5.74) is 2.53. The smallest absolute Gasteiger partial charge is 0.223 e. The lowest BCUT2D eigenvalue weighted by atomic mass is 10.2. The summed E-state index contributed by atoms with van der Waals surface area (Å²) in [7, 11) is 0. The molecule has 4 heterocycles. The van der Waals surface area contributed by atoms with Crippen molar-refractivity contribution in [1.29, 1.82) is 0 Å². The molecule has 0 saturated carbocycles. The predicted octanol–water partition coefficient (Wildman–Crippen LogP) is 1.39. The highest BCUT2D eigenvalue weighted by Gasteiger charge is 2.16. The van der Waals surface area contributed by atoms with E-state index < -0.39 is 0 Å². The predicted molar refractivity (Wildman–Crippen MR) is 85.2 cm³/mol. The van der Waals surface area contributed by atoms with Gasteiger partial charge in [0.05, 0.1) is 29.4 Å². The molecule has 7 nitrogen and oxygen atoms in total. The van der Waals surface area contributed by atoms with E-state index in [1.807, 2.05) is 18.2 Å². The fraction of sp³-hybridized carbons (Fsp3) is 0.312. The van der Waals surface area contributed by atoms with E-state index in [4.69, 9.17) is 9.47 Å². The van der Waals surface area contributed by atoms with E-state index >= 15 is 0 Å². The molecule has 7 heteroatoms. The Kier molecular flexibility index (Phi) is 3.87. The Labute approximate surface area is 133 Å². The zero-order valence-corrected chi connectivity index (χ0v) is 12.5. The minimum atomic E-state index is 0.0369. The van der Waals surface area contributed by atoms with Gasteiger partial charge in [0.15, 0.2) is 0 Å². The average Bonchev–Trinajstić information content (AvgIpc) is 3.15. The van der Waals surface area contributed by atoms with Crippen molar-refractivity contribution in [3.63, 3.8) is 0 Å². The zero-order chi connectivity index (χ0) is 15.5. The number of H-pyrrole nitrogens is 1. The van der Waals surface area contributed by atoms with Crippen LogP contribution in [0.2, 0.25) is 0 Å². The number of pyridine rings is 2. The van der Waals surface area contributed by atoms with Crippen molar-refractivity contribution in [1.82, 2.24) is 25.5 Å². The fourth-order valence-corrected chi connectivity index (χ4v) is 2.59. The molecule has 0 bridgehead atoms. The van der Waals surface area contributed by atoms with E-state index in [0.29, 0.717) is 19.1 Å². The average molecular weight is 311 g/mol. The van der Waals surface area contributed by atoms with E-state index in [1.54, 1.807) is 18.6 Å². The highest BCUT2D eigenvalue weighted by Crippen LogP contribution is 2.27. The third-order valence-corrected chi connectivity index (χ3v) is 3.77. The van der Waals surface area contributed by atoms with Crippen LogP contribution in [-0.2, 0) is 4.74 Å². The zero-order valence-electron chi connectivity index (χ0n) is 12.5. The molecule has 0 aliphatic carbocycles. The van der Waals surface area contributed by atoms with Crippen LogP contribution in [-0.4, -0.2) is 52.6 Å². The van der Waals surface area contributed by atoms with Crippen LogP contribution in [0.3, 0.4) is 0 Å². The van der Waals surface area contributed by atoms with Crippen LogP contribution in [0.25, 0.3) is 22.2 Å². The first-order valence-corrected chi connectivity index (χ1v) is 7.60. The third-order valence-electron chi connectivity index (χ3n) is 3.77. The van der Waals surface area contributed by atoms with Gasteiger partial charge in [-0.2, -0.15) is 5.10 Å². The summed E-state index contributed by atoms with van der Waals surface area (Å²) in [5.74, 6) is 0.570. The molecule has 118 valence electrons. The van der Waals surface area contributed by atoms with Gasteiger partial charge in [-0.05, 0) is 18.2 Å². The number of hydrogen-bond donors (Lipinski definition) is 2. The second kappa shape index (κ2) is 6.31. The van der Waals surface area contributed by atoms with Crippen LogP contribution in [0.15, 0.2) is 36.8 Å². The maximum atomic E-state index is 5.95. The van der Waals surface area contributed by atoms with Crippen LogP contribution < -0.4 is 10.1 Å². The second-order valence-corrected chi connectivity index (χ2v) is 5.38. The summed E-state index contributed by atoms with van der Waals surface area (Å²) < 4.78 is 11.6. The molecule has 1 saturated heterocycles. The van der Waals surface area contributed by atoms with Crippen LogP contribution in [0, 0.1) is 0 Å². The van der Waals surface area contributed by atoms with Gasteiger partial charge in [-0.3, -0.25) is 10.1 Å². The molecule has 3 aromatic rings. The van der Waals surface area contributed by atoms with Gasteiger partial charge < -0.3 is 14.8 Å². The molecule has 23 heavy (non-hydrogen) atoms. The van der Waals surface area contributed by atoms with Crippen molar-refractivity contribution in [2.75, 3.05) is 26.3 Å². The first-order valence-electron chi connectivity index (χ1n) is 7.60. The Morgan fingerprint density at radius 3 is 3.22 bits per heavy atom. The molecule has 0 amide bonds. The molecule has 3 aromatic heterocycles. The number of aromatic nitrogens is 4. The van der Waals surface area contributed by atoms with Gasteiger partial charge in [-0.25, -0.2) is 4.98 Å². The van der Waals surface area contributed by atoms with Gasteiger partial charge in [-0.15, -0.1) is 0 Å². The Bertz CT molecular complexity index is 784. The maximum Gasteiger partial charge on any atom is 0.223 e. The second-order valence-electron chi connectivity index (χ2n) is 5.38. The van der Waals surface area contributed by atoms with Gasteiger partial charge in [0.1, 0.15) is 12.7 Å². The number of rotatable bonds is 4. The molecule has 2 N–H and O–H groups in total. The van der Waals surface area contributed by atoms with Gasteiger partial charge >= 0.3 is 0 Å². The van der Waals surface area contributed by atoms with Gasteiger partial charge in [0.25, 0.3) is 0 Å². The SMILES string of the molecule is c1cnc2cc(-c3cn[nH]c3)nc(OC[C@@H]3CNCCO3)c2c1. The molecule has 1 aliphatic rings.